The van der Waals surface area contributed by atoms with E-state index in [-0.39, 0.29) is 6.03 Å². The topological polar surface area (TPSA) is 54.0 Å². The Bertz CT molecular complexity index is 896. The van der Waals surface area contributed by atoms with E-state index in [9.17, 15) is 4.79 Å². The van der Waals surface area contributed by atoms with Gasteiger partial charge >= 0.3 is 6.03 Å². The number of hydrogen-bond acceptors (Lipinski definition) is 3. The van der Waals surface area contributed by atoms with Crippen LogP contribution < -0.4 is 10.6 Å². The minimum absolute atomic E-state index is 0.333. The van der Waals surface area contributed by atoms with E-state index in [0.717, 1.165) is 11.3 Å². The van der Waals surface area contributed by atoms with Gasteiger partial charge in [0.1, 0.15) is 0 Å². The second kappa shape index (κ2) is 7.25. The highest BCUT2D eigenvalue weighted by atomic mass is 35.5. The Morgan fingerprint density at radius 3 is 2.32 bits per heavy atom. The van der Waals surface area contributed by atoms with Gasteiger partial charge in [0.05, 0.1) is 5.69 Å². The first kappa shape index (κ1) is 17.5. The lowest BCUT2D eigenvalue weighted by atomic mass is 9.98. The molecule has 0 atom stereocenters. The first-order valence-electron chi connectivity index (χ1n) is 7.79. The molecule has 6 heteroatoms. The standard InChI is InChI=1S/C19H18ClN3OS/c1-11-8-12(2)17(13(3)9-11)16-10-25-19(22-16)23-18(24)21-15-6-4-14(20)5-7-15/h4-10H,1-3H3,(H2,21,22,23,24). The molecule has 0 bridgehead atoms. The highest BCUT2D eigenvalue weighted by Gasteiger charge is 2.12. The fourth-order valence-corrected chi connectivity index (χ4v) is 3.65. The second-order valence-corrected chi connectivity index (χ2v) is 7.19. The molecule has 2 N–H and O–H groups in total. The number of amides is 2. The Kier molecular flexibility index (Phi) is 5.06. The van der Waals surface area contributed by atoms with Crippen molar-refractivity contribution in [3.8, 4) is 11.3 Å². The van der Waals surface area contributed by atoms with Gasteiger partial charge in [-0.15, -0.1) is 11.3 Å². The molecule has 0 saturated carbocycles. The van der Waals surface area contributed by atoms with Crippen LogP contribution in [0.1, 0.15) is 16.7 Å². The van der Waals surface area contributed by atoms with Crippen LogP contribution in [-0.4, -0.2) is 11.0 Å². The molecular formula is C19H18ClN3OS. The first-order valence-corrected chi connectivity index (χ1v) is 9.05. The minimum Gasteiger partial charge on any atom is -0.308 e. The van der Waals surface area contributed by atoms with Crippen molar-refractivity contribution in [1.82, 2.24) is 4.98 Å². The quantitative estimate of drug-likeness (QED) is 0.590. The van der Waals surface area contributed by atoms with Gasteiger partial charge in [-0.3, -0.25) is 5.32 Å². The molecule has 0 spiro atoms. The summed E-state index contributed by atoms with van der Waals surface area (Å²) >= 11 is 7.24. The maximum atomic E-state index is 12.1. The van der Waals surface area contributed by atoms with Gasteiger partial charge in [0.15, 0.2) is 5.13 Å². The Hall–Kier alpha value is -2.37. The van der Waals surface area contributed by atoms with Gasteiger partial charge in [0.2, 0.25) is 0 Å². The molecule has 1 heterocycles. The molecule has 0 fully saturated rings. The molecule has 25 heavy (non-hydrogen) atoms. The highest BCUT2D eigenvalue weighted by molar-refractivity contribution is 7.14. The van der Waals surface area contributed by atoms with Crippen molar-refractivity contribution in [3.63, 3.8) is 0 Å². The summed E-state index contributed by atoms with van der Waals surface area (Å²) in [5.41, 5.74) is 6.26. The monoisotopic (exact) mass is 371 g/mol. The van der Waals surface area contributed by atoms with Crippen molar-refractivity contribution < 1.29 is 4.79 Å². The number of carbonyl (C=O) groups excluding carboxylic acids is 1. The van der Waals surface area contributed by atoms with Crippen LogP contribution in [-0.2, 0) is 0 Å². The molecule has 0 unspecified atom stereocenters. The van der Waals surface area contributed by atoms with Crippen LogP contribution in [0.2, 0.25) is 5.02 Å². The van der Waals surface area contributed by atoms with Gasteiger partial charge in [-0.2, -0.15) is 0 Å². The molecule has 2 aromatic carbocycles. The summed E-state index contributed by atoms with van der Waals surface area (Å²) in [6.07, 6.45) is 0. The summed E-state index contributed by atoms with van der Waals surface area (Å²) in [5, 5.41) is 8.67. The summed E-state index contributed by atoms with van der Waals surface area (Å²) in [6, 6.07) is 10.9. The predicted octanol–water partition coefficient (Wildman–Crippen LogP) is 6.03. The zero-order valence-electron chi connectivity index (χ0n) is 14.2. The van der Waals surface area contributed by atoms with Gasteiger partial charge < -0.3 is 5.32 Å². The molecule has 128 valence electrons. The highest BCUT2D eigenvalue weighted by Crippen LogP contribution is 2.31. The van der Waals surface area contributed by atoms with Crippen molar-refractivity contribution in [3.05, 3.63) is 63.5 Å². The SMILES string of the molecule is Cc1cc(C)c(-c2csc(NC(=O)Nc3ccc(Cl)cc3)n2)c(C)c1. The number of nitrogens with zero attached hydrogens (tertiary/aromatic N) is 1. The summed E-state index contributed by atoms with van der Waals surface area (Å²) in [5.74, 6) is 0. The van der Waals surface area contributed by atoms with Crippen LogP contribution in [0, 0.1) is 20.8 Å². The predicted molar refractivity (Wildman–Crippen MR) is 106 cm³/mol. The number of thiazole rings is 1. The molecule has 0 aliphatic carbocycles. The van der Waals surface area contributed by atoms with E-state index in [1.165, 1.54) is 28.0 Å². The van der Waals surface area contributed by atoms with Crippen LogP contribution >= 0.6 is 22.9 Å². The Morgan fingerprint density at radius 2 is 1.68 bits per heavy atom. The normalized spacial score (nSPS) is 10.6. The van der Waals surface area contributed by atoms with Crippen molar-refractivity contribution in [2.45, 2.75) is 20.8 Å². The second-order valence-electron chi connectivity index (χ2n) is 5.90. The first-order chi connectivity index (χ1) is 11.9. The smallest absolute Gasteiger partial charge is 0.308 e. The number of carbonyl (C=O) groups is 1. The summed E-state index contributed by atoms with van der Waals surface area (Å²) in [7, 11) is 0. The summed E-state index contributed by atoms with van der Waals surface area (Å²) in [6.45, 7) is 6.24. The van der Waals surface area contributed by atoms with E-state index >= 15 is 0 Å². The van der Waals surface area contributed by atoms with Crippen LogP contribution in [0.5, 0.6) is 0 Å². The number of benzene rings is 2. The van der Waals surface area contributed by atoms with E-state index in [4.69, 9.17) is 11.6 Å². The third-order valence-corrected chi connectivity index (χ3v) is 4.77. The largest absolute Gasteiger partial charge is 0.325 e. The van der Waals surface area contributed by atoms with Gasteiger partial charge in [0.25, 0.3) is 0 Å². The number of aromatic nitrogens is 1. The molecule has 0 aliphatic rings. The maximum Gasteiger partial charge on any atom is 0.325 e. The number of rotatable bonds is 3. The van der Waals surface area contributed by atoms with Crippen LogP contribution in [0.15, 0.2) is 41.8 Å². The molecule has 3 rings (SSSR count). The number of aryl methyl sites for hydroxylation is 3. The number of nitrogens with one attached hydrogen (secondary N) is 2. The molecule has 2 amide bonds. The summed E-state index contributed by atoms with van der Waals surface area (Å²) in [4.78, 5) is 16.7. The third kappa shape index (κ3) is 4.18. The number of anilines is 2. The fourth-order valence-electron chi connectivity index (χ4n) is 2.82. The van der Waals surface area contributed by atoms with Crippen LogP contribution in [0.25, 0.3) is 11.3 Å². The van der Waals surface area contributed by atoms with Crippen molar-refractivity contribution in [1.29, 1.82) is 0 Å². The number of hydrogen-bond donors (Lipinski definition) is 2. The number of halogens is 1. The molecule has 3 aromatic rings. The Labute approximate surface area is 155 Å². The molecular weight excluding hydrogens is 354 g/mol. The fraction of sp³-hybridized carbons (Fsp3) is 0.158. The Balaban J connectivity index is 1.74. The lowest BCUT2D eigenvalue weighted by molar-refractivity contribution is 0.262. The van der Waals surface area contributed by atoms with Gasteiger partial charge in [-0.25, -0.2) is 9.78 Å². The van der Waals surface area contributed by atoms with E-state index in [2.05, 4.69) is 48.5 Å². The van der Waals surface area contributed by atoms with Crippen LogP contribution in [0.3, 0.4) is 0 Å². The van der Waals surface area contributed by atoms with E-state index in [0.29, 0.717) is 15.8 Å². The van der Waals surface area contributed by atoms with Crippen LogP contribution in [0.4, 0.5) is 15.6 Å². The Morgan fingerprint density at radius 1 is 1.04 bits per heavy atom. The van der Waals surface area contributed by atoms with Gasteiger partial charge in [0, 0.05) is 21.7 Å². The molecule has 4 nitrogen and oxygen atoms in total. The van der Waals surface area contributed by atoms with Crippen molar-refractivity contribution in [2.75, 3.05) is 10.6 Å². The average Bonchev–Trinajstić information content (AvgIpc) is 2.96. The molecule has 0 saturated heterocycles. The van der Waals surface area contributed by atoms with Gasteiger partial charge in [-0.1, -0.05) is 29.3 Å². The van der Waals surface area contributed by atoms with Gasteiger partial charge in [-0.05, 0) is 56.2 Å². The molecule has 1 aromatic heterocycles. The lowest BCUT2D eigenvalue weighted by Crippen LogP contribution is -2.19. The maximum absolute atomic E-state index is 12.1. The van der Waals surface area contributed by atoms with Crippen molar-refractivity contribution >= 4 is 39.8 Å². The lowest BCUT2D eigenvalue weighted by Gasteiger charge is -2.09. The average molecular weight is 372 g/mol. The third-order valence-electron chi connectivity index (χ3n) is 3.76. The minimum atomic E-state index is -0.333. The zero-order valence-corrected chi connectivity index (χ0v) is 15.8. The van der Waals surface area contributed by atoms with E-state index in [1.807, 2.05) is 5.38 Å². The van der Waals surface area contributed by atoms with E-state index in [1.54, 1.807) is 24.3 Å². The number of urea groups is 1. The molecule has 0 radical (unpaired) electrons. The molecule has 0 aliphatic heterocycles. The van der Waals surface area contributed by atoms with E-state index < -0.39 is 0 Å². The van der Waals surface area contributed by atoms with Crippen molar-refractivity contribution in [2.24, 2.45) is 0 Å². The zero-order chi connectivity index (χ0) is 18.0. The summed E-state index contributed by atoms with van der Waals surface area (Å²) < 4.78 is 0.